The molecule has 2 aromatic carbocycles. The summed E-state index contributed by atoms with van der Waals surface area (Å²) < 4.78 is 20.1. The van der Waals surface area contributed by atoms with E-state index in [2.05, 4.69) is 15.4 Å². The van der Waals surface area contributed by atoms with Crippen LogP contribution in [0.15, 0.2) is 54.6 Å². The van der Waals surface area contributed by atoms with Crippen molar-refractivity contribution in [3.8, 4) is 11.4 Å². The molecule has 1 N–H and O–H groups in total. The third kappa shape index (κ3) is 4.44. The number of nitrogens with one attached hydrogen (secondary N) is 1. The first kappa shape index (κ1) is 17.6. The van der Waals surface area contributed by atoms with Gasteiger partial charge < -0.3 is 10.1 Å². The van der Waals surface area contributed by atoms with Crippen LogP contribution in [0.2, 0.25) is 0 Å². The molecule has 26 heavy (non-hydrogen) atoms. The van der Waals surface area contributed by atoms with Gasteiger partial charge in [-0.3, -0.25) is 4.79 Å². The Labute approximate surface area is 150 Å². The lowest BCUT2D eigenvalue weighted by atomic mass is 10.3. The van der Waals surface area contributed by atoms with Crippen LogP contribution in [-0.4, -0.2) is 33.8 Å². The molecule has 0 saturated heterocycles. The average Bonchev–Trinajstić information content (AvgIpc) is 3.05. The van der Waals surface area contributed by atoms with Crippen LogP contribution in [0, 0.1) is 12.7 Å². The molecule has 0 unspecified atom stereocenters. The molecule has 1 heterocycles. The van der Waals surface area contributed by atoms with Crippen LogP contribution in [0.4, 0.5) is 4.39 Å². The number of benzene rings is 2. The number of carbonyl (C=O) groups is 1. The van der Waals surface area contributed by atoms with Gasteiger partial charge >= 0.3 is 0 Å². The molecule has 0 saturated carbocycles. The third-order valence-electron chi connectivity index (χ3n) is 3.66. The number of rotatable bonds is 7. The molecule has 7 heteroatoms. The van der Waals surface area contributed by atoms with E-state index >= 15 is 0 Å². The van der Waals surface area contributed by atoms with E-state index < -0.39 is 0 Å². The van der Waals surface area contributed by atoms with Gasteiger partial charge in [0.05, 0.1) is 12.3 Å². The van der Waals surface area contributed by atoms with E-state index in [-0.39, 0.29) is 17.5 Å². The predicted octanol–water partition coefficient (Wildman–Crippen LogP) is 2.91. The second kappa shape index (κ2) is 8.24. The first-order valence-corrected chi connectivity index (χ1v) is 8.29. The van der Waals surface area contributed by atoms with Crippen molar-refractivity contribution in [2.45, 2.75) is 13.3 Å². The van der Waals surface area contributed by atoms with Crippen LogP contribution in [-0.2, 0) is 0 Å². The van der Waals surface area contributed by atoms with E-state index in [0.29, 0.717) is 31.1 Å². The fraction of sp³-hybridized carbons (Fsp3) is 0.211. The largest absolute Gasteiger partial charge is 0.494 e. The summed E-state index contributed by atoms with van der Waals surface area (Å²) in [4.78, 5) is 16.3. The maximum Gasteiger partial charge on any atom is 0.290 e. The standard InChI is InChI=1S/C19H19FN4O2/c1-14-22-18(23-24(14)16-10-8-15(20)9-11-16)19(25)21-12-5-13-26-17-6-3-2-4-7-17/h2-4,6-11H,5,12-13H2,1H3,(H,21,25). The minimum absolute atomic E-state index is 0.0794. The van der Waals surface area contributed by atoms with Gasteiger partial charge in [-0.15, -0.1) is 5.10 Å². The van der Waals surface area contributed by atoms with Gasteiger partial charge in [0.2, 0.25) is 5.82 Å². The van der Waals surface area contributed by atoms with Gasteiger partial charge in [-0.25, -0.2) is 14.1 Å². The first-order chi connectivity index (χ1) is 12.6. The molecule has 1 aromatic heterocycles. The number of nitrogens with zero attached hydrogens (tertiary/aromatic N) is 3. The molecule has 1 amide bonds. The van der Waals surface area contributed by atoms with Crippen LogP contribution < -0.4 is 10.1 Å². The minimum Gasteiger partial charge on any atom is -0.494 e. The van der Waals surface area contributed by atoms with Gasteiger partial charge in [0, 0.05) is 6.54 Å². The summed E-state index contributed by atoms with van der Waals surface area (Å²) in [6.07, 6.45) is 0.665. The van der Waals surface area contributed by atoms with Crippen LogP contribution in [0.1, 0.15) is 22.9 Å². The Hall–Kier alpha value is -3.22. The Bertz CT molecular complexity index is 863. The van der Waals surface area contributed by atoms with E-state index in [1.54, 1.807) is 19.1 Å². The molecule has 134 valence electrons. The number of para-hydroxylation sites is 1. The first-order valence-electron chi connectivity index (χ1n) is 8.29. The van der Waals surface area contributed by atoms with Crippen LogP contribution in [0.25, 0.3) is 5.69 Å². The van der Waals surface area contributed by atoms with Crippen molar-refractivity contribution in [2.75, 3.05) is 13.2 Å². The summed E-state index contributed by atoms with van der Waals surface area (Å²) in [5, 5.41) is 6.97. The van der Waals surface area contributed by atoms with Gasteiger partial charge in [0.15, 0.2) is 0 Å². The Kier molecular flexibility index (Phi) is 5.58. The number of aryl methyl sites for hydroxylation is 1. The summed E-state index contributed by atoms with van der Waals surface area (Å²) in [5.74, 6) is 0.745. The van der Waals surface area contributed by atoms with Crippen molar-refractivity contribution < 1.29 is 13.9 Å². The zero-order valence-electron chi connectivity index (χ0n) is 14.4. The fourth-order valence-corrected chi connectivity index (χ4v) is 2.37. The lowest BCUT2D eigenvalue weighted by Gasteiger charge is -2.06. The Morgan fingerprint density at radius 2 is 1.88 bits per heavy atom. The second-order valence-corrected chi connectivity index (χ2v) is 5.64. The third-order valence-corrected chi connectivity index (χ3v) is 3.66. The SMILES string of the molecule is Cc1nc(C(=O)NCCCOc2ccccc2)nn1-c1ccc(F)cc1. The normalized spacial score (nSPS) is 10.5. The molecule has 0 fully saturated rings. The number of amides is 1. The quantitative estimate of drug-likeness (QED) is 0.663. The van der Waals surface area contributed by atoms with E-state index in [9.17, 15) is 9.18 Å². The molecule has 0 atom stereocenters. The van der Waals surface area contributed by atoms with E-state index in [0.717, 1.165) is 5.75 Å². The highest BCUT2D eigenvalue weighted by molar-refractivity contribution is 5.90. The molecule has 0 aliphatic carbocycles. The van der Waals surface area contributed by atoms with Crippen molar-refractivity contribution >= 4 is 5.91 Å². The molecule has 0 radical (unpaired) electrons. The number of hydrogen-bond donors (Lipinski definition) is 1. The van der Waals surface area contributed by atoms with Crippen molar-refractivity contribution in [3.63, 3.8) is 0 Å². The lowest BCUT2D eigenvalue weighted by molar-refractivity contribution is 0.0941. The molecule has 3 aromatic rings. The van der Waals surface area contributed by atoms with Gasteiger partial charge in [-0.1, -0.05) is 18.2 Å². The predicted molar refractivity (Wildman–Crippen MR) is 94.9 cm³/mol. The van der Waals surface area contributed by atoms with E-state index in [1.165, 1.54) is 16.8 Å². The Balaban J connectivity index is 1.50. The second-order valence-electron chi connectivity index (χ2n) is 5.64. The minimum atomic E-state index is -0.353. The maximum atomic E-state index is 13.0. The summed E-state index contributed by atoms with van der Waals surface area (Å²) in [6.45, 7) is 2.69. The van der Waals surface area contributed by atoms with Gasteiger partial charge in [0.25, 0.3) is 5.91 Å². The maximum absolute atomic E-state index is 13.0. The lowest BCUT2D eigenvalue weighted by Crippen LogP contribution is -2.26. The van der Waals surface area contributed by atoms with Crippen LogP contribution >= 0.6 is 0 Å². The Morgan fingerprint density at radius 3 is 2.62 bits per heavy atom. The van der Waals surface area contributed by atoms with Crippen molar-refractivity contribution in [3.05, 3.63) is 72.1 Å². The van der Waals surface area contributed by atoms with Gasteiger partial charge in [0.1, 0.15) is 17.4 Å². The molecular formula is C19H19FN4O2. The van der Waals surface area contributed by atoms with Crippen molar-refractivity contribution in [1.82, 2.24) is 20.1 Å². The highest BCUT2D eigenvalue weighted by atomic mass is 19.1. The fourth-order valence-electron chi connectivity index (χ4n) is 2.37. The molecule has 0 aliphatic heterocycles. The van der Waals surface area contributed by atoms with E-state index in [1.807, 2.05) is 30.3 Å². The van der Waals surface area contributed by atoms with Gasteiger partial charge in [-0.05, 0) is 49.7 Å². The van der Waals surface area contributed by atoms with Crippen LogP contribution in [0.3, 0.4) is 0 Å². The summed E-state index contributed by atoms with van der Waals surface area (Å²) in [6, 6.07) is 15.3. The topological polar surface area (TPSA) is 69.0 Å². The molecule has 0 spiro atoms. The molecular weight excluding hydrogens is 335 g/mol. The highest BCUT2D eigenvalue weighted by Crippen LogP contribution is 2.11. The molecule has 0 bridgehead atoms. The zero-order valence-corrected chi connectivity index (χ0v) is 14.4. The van der Waals surface area contributed by atoms with Crippen molar-refractivity contribution in [1.29, 1.82) is 0 Å². The van der Waals surface area contributed by atoms with Crippen LogP contribution in [0.5, 0.6) is 5.75 Å². The monoisotopic (exact) mass is 354 g/mol. The zero-order chi connectivity index (χ0) is 18.4. The average molecular weight is 354 g/mol. The van der Waals surface area contributed by atoms with Gasteiger partial charge in [-0.2, -0.15) is 0 Å². The molecule has 6 nitrogen and oxygen atoms in total. The smallest absolute Gasteiger partial charge is 0.290 e. The summed E-state index contributed by atoms with van der Waals surface area (Å²) in [7, 11) is 0. The number of aromatic nitrogens is 3. The molecule has 0 aliphatic rings. The Morgan fingerprint density at radius 1 is 1.15 bits per heavy atom. The molecule has 3 rings (SSSR count). The van der Waals surface area contributed by atoms with Crippen molar-refractivity contribution in [2.24, 2.45) is 0 Å². The summed E-state index contributed by atoms with van der Waals surface area (Å²) in [5.41, 5.74) is 0.645. The highest BCUT2D eigenvalue weighted by Gasteiger charge is 2.14. The number of hydrogen-bond acceptors (Lipinski definition) is 4. The number of halogens is 1. The number of carbonyl (C=O) groups excluding carboxylic acids is 1. The number of ether oxygens (including phenoxy) is 1. The van der Waals surface area contributed by atoms with E-state index in [4.69, 9.17) is 4.74 Å². The summed E-state index contributed by atoms with van der Waals surface area (Å²) >= 11 is 0.